The van der Waals surface area contributed by atoms with Crippen LogP contribution >= 0.6 is 27.7 Å². The maximum absolute atomic E-state index is 12.5. The number of hydrogen-bond donors (Lipinski definition) is 0. The van der Waals surface area contributed by atoms with Gasteiger partial charge in [-0.2, -0.15) is 0 Å². The average molecular weight is 427 g/mol. The highest BCUT2D eigenvalue weighted by Gasteiger charge is 2.31. The Morgan fingerprint density at radius 2 is 1.85 bits per heavy atom. The van der Waals surface area contributed by atoms with E-state index in [0.717, 1.165) is 34.6 Å². The van der Waals surface area contributed by atoms with Crippen molar-refractivity contribution < 1.29 is 4.79 Å². The number of anilines is 1. The number of allylic oxidation sites excluding steroid dienone is 1. The van der Waals surface area contributed by atoms with Gasteiger partial charge in [0.1, 0.15) is 0 Å². The molecule has 2 aromatic carbocycles. The second-order valence-electron chi connectivity index (χ2n) is 6.38. The summed E-state index contributed by atoms with van der Waals surface area (Å²) >= 11 is 4.99. The zero-order valence-electron chi connectivity index (χ0n) is 14.3. The van der Waals surface area contributed by atoms with Crippen molar-refractivity contribution in [2.45, 2.75) is 25.3 Å². The van der Waals surface area contributed by atoms with Crippen molar-refractivity contribution in [3.63, 3.8) is 0 Å². The Morgan fingerprint density at radius 3 is 2.62 bits per heavy atom. The maximum Gasteiger partial charge on any atom is 0.243 e. The van der Waals surface area contributed by atoms with E-state index in [1.165, 1.54) is 22.9 Å². The monoisotopic (exact) mass is 426 g/mol. The van der Waals surface area contributed by atoms with Crippen molar-refractivity contribution in [1.82, 2.24) is 0 Å². The van der Waals surface area contributed by atoms with Crippen LogP contribution in [0, 0.1) is 0 Å². The minimum absolute atomic E-state index is 0.0946. The number of rotatable bonds is 3. The molecule has 5 heteroatoms. The quantitative estimate of drug-likeness (QED) is 0.646. The van der Waals surface area contributed by atoms with Gasteiger partial charge in [-0.1, -0.05) is 64.1 Å². The Kier molecular flexibility index (Phi) is 5.27. The number of thioether (sulfide) groups is 1. The van der Waals surface area contributed by atoms with Crippen LogP contribution in [0.1, 0.15) is 24.8 Å². The summed E-state index contributed by atoms with van der Waals surface area (Å²) in [6.45, 7) is 0. The smallest absolute Gasteiger partial charge is 0.243 e. The number of benzene rings is 2. The van der Waals surface area contributed by atoms with Crippen LogP contribution < -0.4 is 4.90 Å². The molecule has 1 aliphatic heterocycles. The number of amidine groups is 1. The molecule has 0 aromatic heterocycles. The van der Waals surface area contributed by atoms with E-state index in [-0.39, 0.29) is 11.9 Å². The van der Waals surface area contributed by atoms with E-state index < -0.39 is 0 Å². The van der Waals surface area contributed by atoms with Crippen LogP contribution in [0.4, 0.5) is 5.69 Å². The highest BCUT2D eigenvalue weighted by molar-refractivity contribution is 9.10. The van der Waals surface area contributed by atoms with Crippen molar-refractivity contribution in [1.29, 1.82) is 0 Å². The number of hydrogen-bond acceptors (Lipinski definition) is 3. The molecule has 0 N–H and O–H groups in total. The molecule has 1 aliphatic carbocycles. The second-order valence-corrected chi connectivity index (χ2v) is 8.24. The molecule has 1 fully saturated rings. The number of aliphatic imine (C=N–C) groups is 1. The molecule has 1 amide bonds. The molecule has 0 spiro atoms. The predicted molar refractivity (Wildman–Crippen MR) is 114 cm³/mol. The lowest BCUT2D eigenvalue weighted by atomic mass is 9.89. The molecule has 1 atom stereocenters. The van der Waals surface area contributed by atoms with E-state index in [0.29, 0.717) is 5.75 Å². The summed E-state index contributed by atoms with van der Waals surface area (Å²) in [4.78, 5) is 19.2. The normalized spacial score (nSPS) is 22.0. The van der Waals surface area contributed by atoms with Gasteiger partial charge in [0.25, 0.3) is 0 Å². The largest absolute Gasteiger partial charge is 0.273 e. The molecule has 4 rings (SSSR count). The van der Waals surface area contributed by atoms with Crippen molar-refractivity contribution >= 4 is 50.0 Å². The first-order valence-corrected chi connectivity index (χ1v) is 10.5. The summed E-state index contributed by atoms with van der Waals surface area (Å²) in [5, 5.41) is 0.811. The molecule has 132 valence electrons. The lowest BCUT2D eigenvalue weighted by Gasteiger charge is -2.24. The Hall–Kier alpha value is -1.85. The maximum atomic E-state index is 12.5. The van der Waals surface area contributed by atoms with Crippen LogP contribution in [0.3, 0.4) is 0 Å². The molecular formula is C21H19BrN2OS. The summed E-state index contributed by atoms with van der Waals surface area (Å²) in [6, 6.07) is 18.4. The van der Waals surface area contributed by atoms with Crippen molar-refractivity contribution in [2.24, 2.45) is 4.99 Å². The van der Waals surface area contributed by atoms with Crippen LogP contribution in [-0.2, 0) is 4.79 Å². The third-order valence-electron chi connectivity index (χ3n) is 4.63. The molecule has 1 heterocycles. The summed E-state index contributed by atoms with van der Waals surface area (Å²) in [5.41, 5.74) is 3.38. The van der Waals surface area contributed by atoms with Crippen molar-refractivity contribution in [2.75, 3.05) is 10.7 Å². The summed E-state index contributed by atoms with van der Waals surface area (Å²) in [6.07, 6.45) is 5.55. The third kappa shape index (κ3) is 3.64. The number of carbonyl (C=O) groups is 1. The SMILES string of the molecule is O=C1CSC(=NC2CCCC=C2c2ccccc2)N1c1ccc(Br)cc1. The topological polar surface area (TPSA) is 32.7 Å². The molecule has 26 heavy (non-hydrogen) atoms. The van der Waals surface area contributed by atoms with Gasteiger partial charge in [-0.05, 0) is 54.7 Å². The lowest BCUT2D eigenvalue weighted by Crippen LogP contribution is -2.30. The van der Waals surface area contributed by atoms with E-state index in [9.17, 15) is 4.79 Å². The number of amides is 1. The Balaban J connectivity index is 1.67. The van der Waals surface area contributed by atoms with Crippen LogP contribution in [0.2, 0.25) is 0 Å². The minimum atomic E-state index is 0.0946. The first-order valence-electron chi connectivity index (χ1n) is 8.77. The molecule has 1 unspecified atom stereocenters. The zero-order valence-corrected chi connectivity index (χ0v) is 16.7. The summed E-state index contributed by atoms with van der Waals surface area (Å²) in [7, 11) is 0. The second kappa shape index (κ2) is 7.80. The lowest BCUT2D eigenvalue weighted by molar-refractivity contribution is -0.115. The van der Waals surface area contributed by atoms with Gasteiger partial charge in [-0.3, -0.25) is 14.7 Å². The third-order valence-corrected chi connectivity index (χ3v) is 6.09. The van der Waals surface area contributed by atoms with Gasteiger partial charge < -0.3 is 0 Å². The van der Waals surface area contributed by atoms with Crippen LogP contribution in [0.25, 0.3) is 5.57 Å². The first-order chi connectivity index (χ1) is 12.7. The summed E-state index contributed by atoms with van der Waals surface area (Å²) < 4.78 is 1.00. The predicted octanol–water partition coefficient (Wildman–Crippen LogP) is 5.52. The molecular weight excluding hydrogens is 408 g/mol. The number of carbonyl (C=O) groups excluding carboxylic acids is 1. The Morgan fingerprint density at radius 1 is 1.08 bits per heavy atom. The van der Waals surface area contributed by atoms with E-state index in [1.54, 1.807) is 4.90 Å². The first kappa shape index (κ1) is 17.6. The molecule has 0 saturated carbocycles. The molecule has 0 bridgehead atoms. The number of nitrogens with zero attached hydrogens (tertiary/aromatic N) is 2. The highest BCUT2D eigenvalue weighted by Crippen LogP contribution is 2.33. The van der Waals surface area contributed by atoms with Gasteiger partial charge in [-0.25, -0.2) is 0 Å². The van der Waals surface area contributed by atoms with Crippen molar-refractivity contribution in [3.8, 4) is 0 Å². The standard InChI is InChI=1S/C21H19BrN2OS/c22-16-10-12-17(13-11-16)24-20(25)14-26-21(24)23-19-9-5-4-8-18(19)15-6-2-1-3-7-15/h1-3,6-8,10-13,19H,4-5,9,14H2. The molecule has 2 aliphatic rings. The molecule has 1 saturated heterocycles. The fourth-order valence-electron chi connectivity index (χ4n) is 3.37. The van der Waals surface area contributed by atoms with E-state index in [2.05, 4.69) is 46.3 Å². The van der Waals surface area contributed by atoms with Gasteiger partial charge >= 0.3 is 0 Å². The van der Waals surface area contributed by atoms with Gasteiger partial charge in [0.05, 0.1) is 17.5 Å². The Bertz CT molecular complexity index is 861. The van der Waals surface area contributed by atoms with Crippen molar-refractivity contribution in [3.05, 3.63) is 70.7 Å². The molecule has 0 radical (unpaired) electrons. The van der Waals surface area contributed by atoms with Crippen LogP contribution in [-0.4, -0.2) is 22.9 Å². The Labute approximate surface area is 166 Å². The highest BCUT2D eigenvalue weighted by atomic mass is 79.9. The van der Waals surface area contributed by atoms with Gasteiger partial charge in [0, 0.05) is 4.47 Å². The van der Waals surface area contributed by atoms with Crippen LogP contribution in [0.15, 0.2) is 70.1 Å². The summed E-state index contributed by atoms with van der Waals surface area (Å²) in [5.74, 6) is 0.545. The molecule has 3 nitrogen and oxygen atoms in total. The van der Waals surface area contributed by atoms with Gasteiger partial charge in [-0.15, -0.1) is 0 Å². The fraction of sp³-hybridized carbons (Fsp3) is 0.238. The van der Waals surface area contributed by atoms with E-state index in [4.69, 9.17) is 4.99 Å². The minimum Gasteiger partial charge on any atom is -0.273 e. The van der Waals surface area contributed by atoms with E-state index in [1.807, 2.05) is 30.3 Å². The van der Waals surface area contributed by atoms with Gasteiger partial charge in [0.15, 0.2) is 5.17 Å². The van der Waals surface area contributed by atoms with Gasteiger partial charge in [0.2, 0.25) is 5.91 Å². The molecule has 2 aromatic rings. The zero-order chi connectivity index (χ0) is 17.9. The fourth-order valence-corrected chi connectivity index (χ4v) is 4.55. The van der Waals surface area contributed by atoms with Crippen LogP contribution in [0.5, 0.6) is 0 Å². The number of halogens is 1. The average Bonchev–Trinajstić information content (AvgIpc) is 3.04. The van der Waals surface area contributed by atoms with E-state index >= 15 is 0 Å².